The zero-order valence-electron chi connectivity index (χ0n) is 8.48. The predicted molar refractivity (Wildman–Crippen MR) is 50.7 cm³/mol. The van der Waals surface area contributed by atoms with E-state index in [9.17, 15) is 14.4 Å². The van der Waals surface area contributed by atoms with Crippen LogP contribution < -0.4 is 5.32 Å². The molecule has 1 saturated heterocycles. The molecule has 3 amide bonds. The first kappa shape index (κ1) is 9.82. The lowest BCUT2D eigenvalue weighted by atomic mass is 10.0. The maximum Gasteiger partial charge on any atom is 0.261 e. The van der Waals surface area contributed by atoms with Crippen LogP contribution in [0.2, 0.25) is 0 Å². The molecule has 6 nitrogen and oxygen atoms in total. The van der Waals surface area contributed by atoms with Crippen LogP contribution in [0.3, 0.4) is 0 Å². The molecule has 80 valence electrons. The summed E-state index contributed by atoms with van der Waals surface area (Å²) in [5, 5.41) is 2.41. The fourth-order valence-corrected chi connectivity index (χ4v) is 1.76. The summed E-state index contributed by atoms with van der Waals surface area (Å²) in [4.78, 5) is 39.5. The lowest BCUT2D eigenvalue weighted by molar-refractivity contribution is -0.141. The number of hydrogen-bond acceptors (Lipinski definition) is 3. The van der Waals surface area contributed by atoms with Gasteiger partial charge in [0.15, 0.2) is 0 Å². The minimum absolute atomic E-state index is 0.0761. The van der Waals surface area contributed by atoms with Gasteiger partial charge < -0.3 is 0 Å². The van der Waals surface area contributed by atoms with E-state index in [0.29, 0.717) is 6.42 Å². The number of nitrogens with one attached hydrogen (secondary N) is 1. The number of hydrogen-bond donors (Lipinski definition) is 1. The largest absolute Gasteiger partial charge is 0.294 e. The van der Waals surface area contributed by atoms with E-state index in [0.717, 1.165) is 0 Å². The summed E-state index contributed by atoms with van der Waals surface area (Å²) < 4.78 is 0. The number of amides is 3. The van der Waals surface area contributed by atoms with Crippen molar-refractivity contribution in [3.8, 4) is 0 Å². The van der Waals surface area contributed by atoms with E-state index in [-0.39, 0.29) is 17.8 Å². The van der Waals surface area contributed by atoms with Crippen molar-refractivity contribution in [2.45, 2.75) is 26.3 Å². The van der Waals surface area contributed by atoms with Gasteiger partial charge >= 0.3 is 0 Å². The predicted octanol–water partition coefficient (Wildman–Crippen LogP) is -0.744. The van der Waals surface area contributed by atoms with Gasteiger partial charge in [0, 0.05) is 0 Å². The Morgan fingerprint density at radius 3 is 2.67 bits per heavy atom. The highest BCUT2D eigenvalue weighted by Crippen LogP contribution is 2.21. The summed E-state index contributed by atoms with van der Waals surface area (Å²) in [6.07, 6.45) is 0.409. The summed E-state index contributed by atoms with van der Waals surface area (Å²) in [5.74, 6) is -1.76. The van der Waals surface area contributed by atoms with Crippen molar-refractivity contribution in [1.82, 2.24) is 10.2 Å². The molecule has 0 spiro atoms. The van der Waals surface area contributed by atoms with Crippen molar-refractivity contribution in [1.29, 1.82) is 0 Å². The molecule has 0 aliphatic carbocycles. The van der Waals surface area contributed by atoms with Gasteiger partial charge in [-0.1, -0.05) is 6.92 Å². The Kier molecular flexibility index (Phi) is 2.06. The number of fused-ring (bicyclic) bond motifs is 1. The van der Waals surface area contributed by atoms with Gasteiger partial charge in [-0.3, -0.25) is 24.6 Å². The van der Waals surface area contributed by atoms with Gasteiger partial charge in [0.2, 0.25) is 17.8 Å². The Morgan fingerprint density at radius 2 is 2.07 bits per heavy atom. The standard InChI is InChI=1S/C9H11N3O3/c1-3-5-7(14)11-9-10-6(13)4(2)12(9)8(5)15/h4-5H,3H2,1-2H3,(H,10,11,13,14)/t4-,5+/m1/s1. The second-order valence-corrected chi connectivity index (χ2v) is 3.61. The maximum absolute atomic E-state index is 11.8. The van der Waals surface area contributed by atoms with Gasteiger partial charge in [-0.15, -0.1) is 0 Å². The fraction of sp³-hybridized carbons (Fsp3) is 0.556. The van der Waals surface area contributed by atoms with E-state index in [4.69, 9.17) is 0 Å². The smallest absolute Gasteiger partial charge is 0.261 e. The molecule has 6 heteroatoms. The van der Waals surface area contributed by atoms with E-state index in [1.165, 1.54) is 4.90 Å². The highest BCUT2D eigenvalue weighted by atomic mass is 16.2. The zero-order chi connectivity index (χ0) is 11.2. The molecule has 0 aromatic carbocycles. The third-order valence-electron chi connectivity index (χ3n) is 2.69. The molecule has 2 aliphatic heterocycles. The minimum Gasteiger partial charge on any atom is -0.294 e. The number of carbonyl (C=O) groups excluding carboxylic acids is 3. The van der Waals surface area contributed by atoms with E-state index in [2.05, 4.69) is 10.3 Å². The first-order valence-electron chi connectivity index (χ1n) is 4.82. The molecule has 2 atom stereocenters. The topological polar surface area (TPSA) is 78.8 Å². The first-order valence-corrected chi connectivity index (χ1v) is 4.82. The van der Waals surface area contributed by atoms with Crippen LogP contribution in [0.4, 0.5) is 0 Å². The summed E-state index contributed by atoms with van der Waals surface area (Å²) >= 11 is 0. The quantitative estimate of drug-likeness (QED) is 0.577. The van der Waals surface area contributed by atoms with Gasteiger partial charge in [0.05, 0.1) is 0 Å². The molecule has 0 bridgehead atoms. The zero-order valence-corrected chi connectivity index (χ0v) is 8.48. The van der Waals surface area contributed by atoms with Crippen LogP contribution in [-0.4, -0.2) is 34.6 Å². The molecule has 0 aromatic rings. The SMILES string of the molecule is CC[C@H]1C(=O)N=C2NC(=O)[C@@H](C)N2C1=O. The first-order chi connectivity index (χ1) is 7.06. The molecule has 15 heavy (non-hydrogen) atoms. The van der Waals surface area contributed by atoms with Crippen LogP contribution in [-0.2, 0) is 14.4 Å². The minimum atomic E-state index is -0.733. The van der Waals surface area contributed by atoms with Crippen LogP contribution in [0.25, 0.3) is 0 Å². The fourth-order valence-electron chi connectivity index (χ4n) is 1.76. The van der Waals surface area contributed by atoms with E-state index in [1.807, 2.05) is 0 Å². The number of aliphatic imine (C=N–C) groups is 1. The van der Waals surface area contributed by atoms with Crippen molar-refractivity contribution >= 4 is 23.7 Å². The van der Waals surface area contributed by atoms with Crippen LogP contribution >= 0.6 is 0 Å². The number of guanidine groups is 1. The molecule has 2 rings (SSSR count). The normalized spacial score (nSPS) is 30.1. The van der Waals surface area contributed by atoms with Crippen LogP contribution in [0, 0.1) is 5.92 Å². The maximum atomic E-state index is 11.8. The Hall–Kier alpha value is -1.72. The molecule has 0 radical (unpaired) electrons. The summed E-state index contributed by atoms with van der Waals surface area (Å²) in [6, 6.07) is -0.571. The highest BCUT2D eigenvalue weighted by Gasteiger charge is 2.45. The average Bonchev–Trinajstić information content (AvgIpc) is 2.43. The van der Waals surface area contributed by atoms with Crippen molar-refractivity contribution < 1.29 is 14.4 Å². The van der Waals surface area contributed by atoms with Crippen molar-refractivity contribution in [3.05, 3.63) is 0 Å². The monoisotopic (exact) mass is 209 g/mol. The average molecular weight is 209 g/mol. The molecule has 1 fully saturated rings. The summed E-state index contributed by atoms with van der Waals surface area (Å²) in [6.45, 7) is 3.36. The van der Waals surface area contributed by atoms with Gasteiger partial charge in [0.25, 0.3) is 5.91 Å². The molecule has 0 unspecified atom stereocenters. The summed E-state index contributed by atoms with van der Waals surface area (Å²) in [7, 11) is 0. The van der Waals surface area contributed by atoms with Gasteiger partial charge in [0.1, 0.15) is 12.0 Å². The molecule has 2 heterocycles. The third-order valence-corrected chi connectivity index (χ3v) is 2.69. The Bertz CT molecular complexity index is 388. The number of nitrogens with zero attached hydrogens (tertiary/aromatic N) is 2. The lowest BCUT2D eigenvalue weighted by Crippen LogP contribution is -2.48. The van der Waals surface area contributed by atoms with Crippen LogP contribution in [0.1, 0.15) is 20.3 Å². The highest BCUT2D eigenvalue weighted by molar-refractivity contribution is 6.22. The summed E-state index contributed by atoms with van der Waals surface area (Å²) in [5.41, 5.74) is 0. The third kappa shape index (κ3) is 1.25. The van der Waals surface area contributed by atoms with E-state index in [1.54, 1.807) is 13.8 Å². The second kappa shape index (κ2) is 3.15. The second-order valence-electron chi connectivity index (χ2n) is 3.61. The van der Waals surface area contributed by atoms with Crippen LogP contribution in [0.15, 0.2) is 4.99 Å². The molecular weight excluding hydrogens is 198 g/mol. The molecule has 0 saturated carbocycles. The molecule has 0 aromatic heterocycles. The Morgan fingerprint density at radius 1 is 1.40 bits per heavy atom. The van der Waals surface area contributed by atoms with E-state index < -0.39 is 17.9 Å². The lowest BCUT2D eigenvalue weighted by Gasteiger charge is -2.26. The van der Waals surface area contributed by atoms with E-state index >= 15 is 0 Å². The van der Waals surface area contributed by atoms with Crippen molar-refractivity contribution in [2.24, 2.45) is 10.9 Å². The van der Waals surface area contributed by atoms with Crippen molar-refractivity contribution in [2.75, 3.05) is 0 Å². The molecule has 2 aliphatic rings. The molecular formula is C9H11N3O3. The molecule has 1 N–H and O–H groups in total. The van der Waals surface area contributed by atoms with Gasteiger partial charge in [-0.25, -0.2) is 0 Å². The van der Waals surface area contributed by atoms with Crippen molar-refractivity contribution in [3.63, 3.8) is 0 Å². The van der Waals surface area contributed by atoms with Gasteiger partial charge in [-0.2, -0.15) is 4.99 Å². The Labute approximate surface area is 86.3 Å². The van der Waals surface area contributed by atoms with Crippen LogP contribution in [0.5, 0.6) is 0 Å². The number of carbonyl (C=O) groups is 3. The number of rotatable bonds is 1. The van der Waals surface area contributed by atoms with Gasteiger partial charge in [-0.05, 0) is 13.3 Å². The Balaban J connectivity index is 2.42.